The van der Waals surface area contributed by atoms with E-state index in [9.17, 15) is 9.90 Å². The Kier molecular flexibility index (Phi) is 7.08. The minimum Gasteiger partial charge on any atom is -0.472 e. The third-order valence-electron chi connectivity index (χ3n) is 4.60. The van der Waals surface area contributed by atoms with Gasteiger partial charge in [0.05, 0.1) is 18.2 Å². The highest BCUT2D eigenvalue weighted by Gasteiger charge is 2.17. The molecule has 0 radical (unpaired) electrons. The molecule has 0 aliphatic rings. The van der Waals surface area contributed by atoms with Gasteiger partial charge < -0.3 is 19.7 Å². The monoisotopic (exact) mass is 411 g/mol. The van der Waals surface area contributed by atoms with E-state index in [-0.39, 0.29) is 36.7 Å². The molecule has 0 bridgehead atoms. The number of aliphatic hydroxyl groups excluding tert-OH is 1. The van der Waals surface area contributed by atoms with Crippen molar-refractivity contribution in [2.45, 2.75) is 46.3 Å². The van der Waals surface area contributed by atoms with Crippen LogP contribution in [0.1, 0.15) is 47.3 Å². The lowest BCUT2D eigenvalue weighted by Gasteiger charge is -2.14. The van der Waals surface area contributed by atoms with Gasteiger partial charge in [0, 0.05) is 23.5 Å². The van der Waals surface area contributed by atoms with Crippen molar-refractivity contribution in [2.24, 2.45) is 0 Å². The number of ether oxygens (including phenoxy) is 1. The van der Waals surface area contributed by atoms with Gasteiger partial charge >= 0.3 is 0 Å². The number of carbonyl (C=O) groups is 1. The highest BCUT2D eigenvalue weighted by Crippen LogP contribution is 2.25. The minimum atomic E-state index is -0.384. The van der Waals surface area contributed by atoms with Gasteiger partial charge in [-0.1, -0.05) is 18.5 Å². The van der Waals surface area contributed by atoms with Gasteiger partial charge in [0.15, 0.2) is 5.69 Å². The molecule has 0 spiro atoms. The molecule has 0 saturated carbocycles. The summed E-state index contributed by atoms with van der Waals surface area (Å²) in [6, 6.07) is 6.64. The van der Waals surface area contributed by atoms with Gasteiger partial charge in [0.25, 0.3) is 5.91 Å². The third kappa shape index (κ3) is 5.18. The van der Waals surface area contributed by atoms with Gasteiger partial charge in [-0.05, 0) is 38.5 Å². The van der Waals surface area contributed by atoms with Crippen molar-refractivity contribution in [3.63, 3.8) is 0 Å². The number of pyridine rings is 1. The van der Waals surface area contributed by atoms with Crippen molar-refractivity contribution in [1.82, 2.24) is 25.7 Å². The van der Waals surface area contributed by atoms with Crippen LogP contribution in [0.15, 0.2) is 35.0 Å². The first-order chi connectivity index (χ1) is 14.5. The largest absolute Gasteiger partial charge is 0.472 e. The number of hydrogen-bond acceptors (Lipinski definition) is 8. The third-order valence-corrected chi connectivity index (χ3v) is 4.60. The summed E-state index contributed by atoms with van der Waals surface area (Å²) in [6.07, 6.45) is 3.28. The standard InChI is InChI=1S/C21H25N5O4/c1-4-5-16(11-27)23-21(28)18-8-9-19(25-24-18)29-12-17-14(3)30-26-20(17)15-7-6-13(2)22-10-15/h6-10,16,27H,4-5,11-12H2,1-3H3,(H,23,28)/t16-/m0/s1. The van der Waals surface area contributed by atoms with Crippen molar-refractivity contribution in [2.75, 3.05) is 6.61 Å². The molecular weight excluding hydrogens is 386 g/mol. The molecule has 9 heteroatoms. The van der Waals surface area contributed by atoms with Gasteiger partial charge in [-0.15, -0.1) is 10.2 Å². The Hall–Kier alpha value is -3.33. The van der Waals surface area contributed by atoms with Crippen molar-refractivity contribution >= 4 is 5.91 Å². The van der Waals surface area contributed by atoms with Gasteiger partial charge in [0.1, 0.15) is 18.1 Å². The molecule has 3 aromatic heterocycles. The number of hydrogen-bond donors (Lipinski definition) is 2. The van der Waals surface area contributed by atoms with E-state index in [2.05, 4.69) is 25.7 Å². The Morgan fingerprint density at radius 3 is 2.70 bits per heavy atom. The van der Waals surface area contributed by atoms with Crippen LogP contribution >= 0.6 is 0 Å². The van der Waals surface area contributed by atoms with Crippen molar-refractivity contribution < 1.29 is 19.2 Å². The number of nitrogens with zero attached hydrogens (tertiary/aromatic N) is 4. The second-order valence-corrected chi connectivity index (χ2v) is 6.94. The summed E-state index contributed by atoms with van der Waals surface area (Å²) in [7, 11) is 0. The molecule has 9 nitrogen and oxygen atoms in total. The maximum absolute atomic E-state index is 12.2. The van der Waals surface area contributed by atoms with Crippen LogP contribution in [0.2, 0.25) is 0 Å². The molecule has 3 aromatic rings. The molecule has 0 unspecified atom stereocenters. The van der Waals surface area contributed by atoms with E-state index in [0.29, 0.717) is 17.9 Å². The van der Waals surface area contributed by atoms with Crippen LogP contribution in [0.25, 0.3) is 11.3 Å². The smallest absolute Gasteiger partial charge is 0.272 e. The first kappa shape index (κ1) is 21.4. The molecule has 158 valence electrons. The normalized spacial score (nSPS) is 11.9. The lowest BCUT2D eigenvalue weighted by Crippen LogP contribution is -2.37. The zero-order valence-electron chi connectivity index (χ0n) is 17.3. The van der Waals surface area contributed by atoms with Crippen LogP contribution in [0, 0.1) is 13.8 Å². The van der Waals surface area contributed by atoms with Crippen molar-refractivity contribution in [3.05, 3.63) is 53.2 Å². The average molecular weight is 411 g/mol. The molecule has 30 heavy (non-hydrogen) atoms. The number of aliphatic hydroxyl groups is 1. The molecule has 3 heterocycles. The Labute approximate surface area is 174 Å². The van der Waals surface area contributed by atoms with Crippen LogP contribution in [-0.4, -0.2) is 44.0 Å². The molecule has 0 saturated heterocycles. The highest BCUT2D eigenvalue weighted by molar-refractivity contribution is 5.92. The van der Waals surface area contributed by atoms with Crippen LogP contribution in [0.4, 0.5) is 0 Å². The Morgan fingerprint density at radius 2 is 2.07 bits per heavy atom. The topological polar surface area (TPSA) is 123 Å². The molecule has 1 atom stereocenters. The average Bonchev–Trinajstić information content (AvgIpc) is 3.13. The molecule has 1 amide bonds. The lowest BCUT2D eigenvalue weighted by atomic mass is 10.1. The minimum absolute atomic E-state index is 0.120. The summed E-state index contributed by atoms with van der Waals surface area (Å²) < 4.78 is 11.0. The van der Waals surface area contributed by atoms with Crippen molar-refractivity contribution in [3.8, 4) is 17.1 Å². The number of nitrogens with one attached hydrogen (secondary N) is 1. The fourth-order valence-corrected chi connectivity index (χ4v) is 2.88. The second kappa shape index (κ2) is 9.93. The summed E-state index contributed by atoms with van der Waals surface area (Å²) in [5, 5.41) is 24.0. The summed E-state index contributed by atoms with van der Waals surface area (Å²) in [4.78, 5) is 16.5. The maximum Gasteiger partial charge on any atom is 0.272 e. The van der Waals surface area contributed by atoms with E-state index in [4.69, 9.17) is 9.26 Å². The van der Waals surface area contributed by atoms with E-state index in [0.717, 1.165) is 23.2 Å². The number of aromatic nitrogens is 4. The fourth-order valence-electron chi connectivity index (χ4n) is 2.88. The Morgan fingerprint density at radius 1 is 1.23 bits per heavy atom. The molecule has 0 aromatic carbocycles. The first-order valence-corrected chi connectivity index (χ1v) is 9.78. The van der Waals surface area contributed by atoms with E-state index in [1.807, 2.05) is 32.9 Å². The highest BCUT2D eigenvalue weighted by atomic mass is 16.5. The molecule has 0 fully saturated rings. The van der Waals surface area contributed by atoms with Gasteiger partial charge in [-0.25, -0.2) is 0 Å². The zero-order chi connectivity index (χ0) is 21.5. The zero-order valence-corrected chi connectivity index (χ0v) is 17.3. The van der Waals surface area contributed by atoms with Crippen molar-refractivity contribution in [1.29, 1.82) is 0 Å². The van der Waals surface area contributed by atoms with Gasteiger partial charge in [0.2, 0.25) is 5.88 Å². The summed E-state index contributed by atoms with van der Waals surface area (Å²) in [6.45, 7) is 5.77. The van der Waals surface area contributed by atoms with E-state index >= 15 is 0 Å². The van der Waals surface area contributed by atoms with Crippen LogP contribution in [0.3, 0.4) is 0 Å². The van der Waals surface area contributed by atoms with Crippen LogP contribution in [-0.2, 0) is 6.61 Å². The number of rotatable bonds is 9. The molecule has 2 N–H and O–H groups in total. The quantitative estimate of drug-likeness (QED) is 0.551. The summed E-state index contributed by atoms with van der Waals surface area (Å²) >= 11 is 0. The van der Waals surface area contributed by atoms with E-state index < -0.39 is 0 Å². The molecular formula is C21H25N5O4. The van der Waals surface area contributed by atoms with Gasteiger partial charge in [-0.2, -0.15) is 0 Å². The number of carbonyl (C=O) groups excluding carboxylic acids is 1. The van der Waals surface area contributed by atoms with Crippen LogP contribution < -0.4 is 10.1 Å². The second-order valence-electron chi connectivity index (χ2n) is 6.94. The Balaban J connectivity index is 1.65. The van der Waals surface area contributed by atoms with E-state index in [1.165, 1.54) is 6.07 Å². The molecule has 0 aliphatic carbocycles. The predicted molar refractivity (Wildman–Crippen MR) is 109 cm³/mol. The van der Waals surface area contributed by atoms with Crippen LogP contribution in [0.5, 0.6) is 5.88 Å². The molecule has 3 rings (SSSR count). The predicted octanol–water partition coefficient (Wildman–Crippen LogP) is 2.61. The summed E-state index contributed by atoms with van der Waals surface area (Å²) in [5.74, 6) is 0.526. The summed E-state index contributed by atoms with van der Waals surface area (Å²) in [5.41, 5.74) is 3.35. The Bertz CT molecular complexity index is 970. The fraction of sp³-hybridized carbons (Fsp3) is 0.381. The molecule has 0 aliphatic heterocycles. The lowest BCUT2D eigenvalue weighted by molar-refractivity contribution is 0.0906. The van der Waals surface area contributed by atoms with Gasteiger partial charge in [-0.3, -0.25) is 9.78 Å². The maximum atomic E-state index is 12.2. The SMILES string of the molecule is CCC[C@@H](CO)NC(=O)c1ccc(OCc2c(-c3ccc(C)nc3)noc2C)nn1. The number of aryl methyl sites for hydroxylation is 2. The first-order valence-electron chi connectivity index (χ1n) is 9.78. The van der Waals surface area contributed by atoms with E-state index in [1.54, 1.807) is 12.3 Å². The number of amides is 1.